The summed E-state index contributed by atoms with van der Waals surface area (Å²) in [4.78, 5) is 12.4. The molecule has 2 aromatic carbocycles. The van der Waals surface area contributed by atoms with Crippen LogP contribution in [0.4, 0.5) is 5.69 Å². The molecule has 0 aliphatic rings. The first kappa shape index (κ1) is 23.6. The number of hydrogen-bond acceptors (Lipinski definition) is 5. The largest absolute Gasteiger partial charge is 0.483 e. The van der Waals surface area contributed by atoms with Gasteiger partial charge in [-0.05, 0) is 72.1 Å². The standard InChI is InChI=1S/C22H24BrClN4O2S/c1-4-15-6-9-17(10-7-15)30-14(3)21-26-27-22(28(21)5-2)31-13-20(29)25-16-8-11-19(24)18(23)12-16/h6-12,14H,4-5,13H2,1-3H3,(H,25,29)/t14-/m0/s1. The minimum atomic E-state index is -0.269. The van der Waals surface area contributed by atoms with Crippen LogP contribution in [0.1, 0.15) is 38.3 Å². The summed E-state index contributed by atoms with van der Waals surface area (Å²) in [6, 6.07) is 13.3. The highest BCUT2D eigenvalue weighted by Crippen LogP contribution is 2.27. The second-order valence-electron chi connectivity index (χ2n) is 6.81. The zero-order valence-electron chi connectivity index (χ0n) is 17.6. The van der Waals surface area contributed by atoms with E-state index in [9.17, 15) is 4.79 Å². The number of carbonyl (C=O) groups is 1. The Kier molecular flexibility index (Phi) is 8.40. The Labute approximate surface area is 199 Å². The quantitative estimate of drug-likeness (QED) is 0.341. The van der Waals surface area contributed by atoms with Crippen molar-refractivity contribution in [1.82, 2.24) is 14.8 Å². The number of nitrogens with zero attached hydrogens (tertiary/aromatic N) is 3. The molecule has 0 bridgehead atoms. The molecule has 0 saturated carbocycles. The van der Waals surface area contributed by atoms with Gasteiger partial charge in [0.15, 0.2) is 17.1 Å². The zero-order valence-corrected chi connectivity index (χ0v) is 20.7. The van der Waals surface area contributed by atoms with Crippen molar-refractivity contribution in [2.24, 2.45) is 0 Å². The third-order valence-electron chi connectivity index (χ3n) is 4.61. The molecule has 1 heterocycles. The Bertz CT molecular complexity index is 1040. The van der Waals surface area contributed by atoms with Crippen LogP contribution >= 0.6 is 39.3 Å². The average molecular weight is 524 g/mol. The number of hydrogen-bond donors (Lipinski definition) is 1. The number of nitrogens with one attached hydrogen (secondary N) is 1. The number of rotatable bonds is 9. The highest BCUT2D eigenvalue weighted by molar-refractivity contribution is 9.10. The van der Waals surface area contributed by atoms with Gasteiger partial charge in [0.05, 0.1) is 10.8 Å². The van der Waals surface area contributed by atoms with Gasteiger partial charge >= 0.3 is 0 Å². The van der Waals surface area contributed by atoms with Gasteiger partial charge in [0.2, 0.25) is 5.91 Å². The number of aryl methyl sites for hydroxylation is 1. The molecule has 1 atom stereocenters. The van der Waals surface area contributed by atoms with E-state index in [2.05, 4.69) is 50.5 Å². The molecular weight excluding hydrogens is 500 g/mol. The summed E-state index contributed by atoms with van der Waals surface area (Å²) in [7, 11) is 0. The summed E-state index contributed by atoms with van der Waals surface area (Å²) in [5.74, 6) is 1.60. The predicted molar refractivity (Wildman–Crippen MR) is 129 cm³/mol. The zero-order chi connectivity index (χ0) is 22.4. The smallest absolute Gasteiger partial charge is 0.234 e. The first-order chi connectivity index (χ1) is 14.9. The number of thioether (sulfide) groups is 1. The van der Waals surface area contributed by atoms with Gasteiger partial charge in [-0.25, -0.2) is 0 Å². The van der Waals surface area contributed by atoms with Crippen LogP contribution in [0.5, 0.6) is 5.75 Å². The highest BCUT2D eigenvalue weighted by atomic mass is 79.9. The van der Waals surface area contributed by atoms with Crippen molar-refractivity contribution < 1.29 is 9.53 Å². The topological polar surface area (TPSA) is 69.0 Å². The number of halogens is 2. The fourth-order valence-electron chi connectivity index (χ4n) is 2.97. The van der Waals surface area contributed by atoms with Gasteiger partial charge in [-0.3, -0.25) is 4.79 Å². The highest BCUT2D eigenvalue weighted by Gasteiger charge is 2.19. The summed E-state index contributed by atoms with van der Waals surface area (Å²) in [5, 5.41) is 12.7. The van der Waals surface area contributed by atoms with Crippen LogP contribution < -0.4 is 10.1 Å². The van der Waals surface area contributed by atoms with Gasteiger partial charge in [0.25, 0.3) is 0 Å². The van der Waals surface area contributed by atoms with Crippen LogP contribution in [0.15, 0.2) is 52.1 Å². The fourth-order valence-corrected chi connectivity index (χ4v) is 4.27. The van der Waals surface area contributed by atoms with E-state index in [1.165, 1.54) is 17.3 Å². The number of benzene rings is 2. The number of amides is 1. The minimum absolute atomic E-state index is 0.133. The molecule has 0 spiro atoms. The van der Waals surface area contributed by atoms with E-state index in [0.717, 1.165) is 22.5 Å². The Hall–Kier alpha value is -2.03. The van der Waals surface area contributed by atoms with Gasteiger partial charge < -0.3 is 14.6 Å². The number of anilines is 1. The lowest BCUT2D eigenvalue weighted by molar-refractivity contribution is -0.113. The van der Waals surface area contributed by atoms with E-state index in [4.69, 9.17) is 16.3 Å². The van der Waals surface area contributed by atoms with Gasteiger partial charge in [0, 0.05) is 16.7 Å². The maximum Gasteiger partial charge on any atom is 0.234 e. The summed E-state index contributed by atoms with van der Waals surface area (Å²) in [5.41, 5.74) is 1.94. The van der Waals surface area contributed by atoms with E-state index in [0.29, 0.717) is 22.4 Å². The number of carbonyl (C=O) groups excluding carboxylic acids is 1. The molecule has 3 aromatic rings. The molecule has 0 fully saturated rings. The Balaban J connectivity index is 1.61. The molecule has 0 radical (unpaired) electrons. The van der Waals surface area contributed by atoms with Crippen molar-refractivity contribution in [3.05, 3.63) is 63.3 Å². The van der Waals surface area contributed by atoms with E-state index in [1.54, 1.807) is 18.2 Å². The van der Waals surface area contributed by atoms with E-state index in [-0.39, 0.29) is 17.8 Å². The van der Waals surface area contributed by atoms with Crippen molar-refractivity contribution in [3.8, 4) is 5.75 Å². The van der Waals surface area contributed by atoms with Crippen LogP contribution in [-0.2, 0) is 17.8 Å². The average Bonchev–Trinajstić information content (AvgIpc) is 3.18. The maximum atomic E-state index is 12.4. The summed E-state index contributed by atoms with van der Waals surface area (Å²) in [6.07, 6.45) is 0.721. The van der Waals surface area contributed by atoms with Crippen molar-refractivity contribution >= 4 is 50.9 Å². The molecule has 0 aliphatic heterocycles. The Morgan fingerprint density at radius 1 is 1.23 bits per heavy atom. The fraction of sp³-hybridized carbons (Fsp3) is 0.318. The number of ether oxygens (including phenoxy) is 1. The van der Waals surface area contributed by atoms with Crippen LogP contribution in [0, 0.1) is 0 Å². The lowest BCUT2D eigenvalue weighted by Crippen LogP contribution is -2.15. The Morgan fingerprint density at radius 2 is 1.97 bits per heavy atom. The summed E-state index contributed by atoms with van der Waals surface area (Å²) in [6.45, 7) is 6.77. The molecule has 0 unspecified atom stereocenters. The molecule has 0 aliphatic carbocycles. The molecule has 0 saturated heterocycles. The third-order valence-corrected chi connectivity index (χ3v) is 6.79. The van der Waals surface area contributed by atoms with Gasteiger partial charge in [-0.1, -0.05) is 42.4 Å². The monoisotopic (exact) mass is 522 g/mol. The molecular formula is C22H24BrClN4O2S. The summed E-state index contributed by atoms with van der Waals surface area (Å²) < 4.78 is 8.76. The second kappa shape index (κ2) is 11.0. The summed E-state index contributed by atoms with van der Waals surface area (Å²) >= 11 is 10.7. The first-order valence-electron chi connectivity index (χ1n) is 9.97. The van der Waals surface area contributed by atoms with Crippen molar-refractivity contribution in [2.75, 3.05) is 11.1 Å². The normalized spacial score (nSPS) is 11.9. The predicted octanol–water partition coefficient (Wildman–Crippen LogP) is 6.15. The molecule has 1 aromatic heterocycles. The molecule has 31 heavy (non-hydrogen) atoms. The molecule has 1 N–H and O–H groups in total. The third kappa shape index (κ3) is 6.24. The molecule has 9 heteroatoms. The van der Waals surface area contributed by atoms with Crippen molar-refractivity contribution in [2.45, 2.75) is 45.0 Å². The van der Waals surface area contributed by atoms with E-state index < -0.39 is 0 Å². The van der Waals surface area contributed by atoms with Gasteiger partial charge in [-0.15, -0.1) is 10.2 Å². The molecule has 6 nitrogen and oxygen atoms in total. The molecule has 3 rings (SSSR count). The lowest BCUT2D eigenvalue weighted by Gasteiger charge is -2.16. The molecule has 1 amide bonds. The maximum absolute atomic E-state index is 12.4. The number of aromatic nitrogens is 3. The van der Waals surface area contributed by atoms with Gasteiger partial charge in [0.1, 0.15) is 5.75 Å². The van der Waals surface area contributed by atoms with Crippen LogP contribution in [0.25, 0.3) is 0 Å². The van der Waals surface area contributed by atoms with Crippen LogP contribution in [0.2, 0.25) is 5.02 Å². The second-order valence-corrected chi connectivity index (χ2v) is 9.01. The Morgan fingerprint density at radius 3 is 2.61 bits per heavy atom. The van der Waals surface area contributed by atoms with Crippen LogP contribution in [0.3, 0.4) is 0 Å². The first-order valence-corrected chi connectivity index (χ1v) is 12.1. The van der Waals surface area contributed by atoms with E-state index >= 15 is 0 Å². The van der Waals surface area contributed by atoms with Crippen molar-refractivity contribution in [1.29, 1.82) is 0 Å². The van der Waals surface area contributed by atoms with Crippen LogP contribution in [-0.4, -0.2) is 26.4 Å². The van der Waals surface area contributed by atoms with E-state index in [1.807, 2.05) is 30.5 Å². The van der Waals surface area contributed by atoms with Crippen molar-refractivity contribution in [3.63, 3.8) is 0 Å². The lowest BCUT2D eigenvalue weighted by atomic mass is 10.2. The van der Waals surface area contributed by atoms with Gasteiger partial charge in [-0.2, -0.15) is 0 Å². The minimum Gasteiger partial charge on any atom is -0.483 e. The molecule has 164 valence electrons. The SMILES string of the molecule is CCc1ccc(O[C@@H](C)c2nnc(SCC(=O)Nc3ccc(Cl)c(Br)c3)n2CC)cc1.